The van der Waals surface area contributed by atoms with Crippen molar-refractivity contribution in [3.63, 3.8) is 0 Å². The van der Waals surface area contributed by atoms with E-state index in [4.69, 9.17) is 14.2 Å². The molecule has 0 atom stereocenters. The number of hydrogen-bond donors (Lipinski definition) is 0. The lowest BCUT2D eigenvalue weighted by molar-refractivity contribution is -0.129. The first kappa shape index (κ1) is 15.8. The van der Waals surface area contributed by atoms with Crippen molar-refractivity contribution < 1.29 is 19.0 Å². The second-order valence-corrected chi connectivity index (χ2v) is 5.04. The van der Waals surface area contributed by atoms with Crippen LogP contribution < -0.4 is 9.47 Å². The zero-order valence-corrected chi connectivity index (χ0v) is 13.5. The molecule has 0 radical (unpaired) electrons. The highest BCUT2D eigenvalue weighted by molar-refractivity contribution is 6.13. The van der Waals surface area contributed by atoms with Crippen molar-refractivity contribution >= 4 is 17.9 Å². The number of cyclic esters (lactones) is 1. The second-order valence-electron chi connectivity index (χ2n) is 5.04. The maximum Gasteiger partial charge on any atom is 0.363 e. The number of nitrogens with zero attached hydrogens (tertiary/aromatic N) is 1. The summed E-state index contributed by atoms with van der Waals surface area (Å²) in [5, 5.41) is 0. The van der Waals surface area contributed by atoms with E-state index in [1.807, 2.05) is 43.3 Å². The maximum atomic E-state index is 12.1. The van der Waals surface area contributed by atoms with Crippen LogP contribution in [-0.2, 0) is 9.53 Å². The van der Waals surface area contributed by atoms with Gasteiger partial charge in [-0.1, -0.05) is 24.3 Å². The van der Waals surface area contributed by atoms with Gasteiger partial charge in [0.25, 0.3) is 0 Å². The van der Waals surface area contributed by atoms with E-state index < -0.39 is 5.97 Å². The molecule has 0 bridgehead atoms. The van der Waals surface area contributed by atoms with Crippen LogP contribution in [0.4, 0.5) is 0 Å². The first-order chi connectivity index (χ1) is 11.7. The van der Waals surface area contributed by atoms with Gasteiger partial charge in [-0.2, -0.15) is 0 Å². The third-order valence-electron chi connectivity index (χ3n) is 3.43. The lowest BCUT2D eigenvalue weighted by Crippen LogP contribution is -2.06. The first-order valence-electron chi connectivity index (χ1n) is 7.60. The van der Waals surface area contributed by atoms with Gasteiger partial charge in [-0.05, 0) is 42.8 Å². The number of hydrogen-bond acceptors (Lipinski definition) is 5. The summed E-state index contributed by atoms with van der Waals surface area (Å²) >= 11 is 0. The van der Waals surface area contributed by atoms with Crippen molar-refractivity contribution in [2.24, 2.45) is 4.99 Å². The van der Waals surface area contributed by atoms with E-state index in [0.717, 1.165) is 11.3 Å². The molecule has 5 nitrogen and oxygen atoms in total. The molecule has 2 aromatic rings. The van der Waals surface area contributed by atoms with Crippen LogP contribution >= 0.6 is 0 Å². The zero-order chi connectivity index (χ0) is 16.9. The zero-order valence-electron chi connectivity index (χ0n) is 13.5. The normalized spacial score (nSPS) is 15.2. The van der Waals surface area contributed by atoms with Crippen LogP contribution in [-0.4, -0.2) is 25.6 Å². The minimum Gasteiger partial charge on any atom is -0.496 e. The minimum absolute atomic E-state index is 0.240. The smallest absolute Gasteiger partial charge is 0.363 e. The predicted octanol–water partition coefficient (Wildman–Crippen LogP) is 3.44. The van der Waals surface area contributed by atoms with Crippen molar-refractivity contribution in [2.45, 2.75) is 6.92 Å². The number of para-hydroxylation sites is 1. The minimum atomic E-state index is -0.488. The molecule has 3 rings (SSSR count). The Morgan fingerprint density at radius 1 is 1.17 bits per heavy atom. The summed E-state index contributed by atoms with van der Waals surface area (Å²) < 4.78 is 16.0. The van der Waals surface area contributed by atoms with E-state index in [2.05, 4.69) is 4.99 Å². The number of methoxy groups -OCH3 is 1. The molecule has 0 saturated carbocycles. The lowest BCUT2D eigenvalue weighted by atomic mass is 10.2. The van der Waals surface area contributed by atoms with Crippen LogP contribution in [0.1, 0.15) is 18.1 Å². The first-order valence-corrected chi connectivity index (χ1v) is 7.60. The van der Waals surface area contributed by atoms with Crippen molar-refractivity contribution in [1.29, 1.82) is 0 Å². The third-order valence-corrected chi connectivity index (χ3v) is 3.43. The van der Waals surface area contributed by atoms with Crippen LogP contribution in [0, 0.1) is 0 Å². The Morgan fingerprint density at radius 2 is 2.00 bits per heavy atom. The number of aliphatic imine (C=N–C) groups is 1. The summed E-state index contributed by atoms with van der Waals surface area (Å²) in [7, 11) is 1.56. The van der Waals surface area contributed by atoms with Gasteiger partial charge < -0.3 is 14.2 Å². The van der Waals surface area contributed by atoms with Crippen molar-refractivity contribution in [1.82, 2.24) is 0 Å². The highest BCUT2D eigenvalue weighted by Crippen LogP contribution is 2.25. The number of esters is 1. The Hall–Kier alpha value is -3.08. The lowest BCUT2D eigenvalue weighted by Gasteiger charge is -2.05. The maximum absolute atomic E-state index is 12.1. The molecule has 5 heteroatoms. The Kier molecular flexibility index (Phi) is 4.61. The molecule has 0 aromatic heterocycles. The molecular formula is C19H17NO4. The van der Waals surface area contributed by atoms with E-state index in [-0.39, 0.29) is 11.6 Å². The Morgan fingerprint density at radius 3 is 2.79 bits per heavy atom. The van der Waals surface area contributed by atoms with E-state index >= 15 is 0 Å². The SMILES string of the molecule is CCOc1cccc(/C=C2/N=C(c3ccccc3OC)OC2=O)c1. The predicted molar refractivity (Wildman–Crippen MR) is 91.2 cm³/mol. The number of carbonyl (C=O) groups is 1. The monoisotopic (exact) mass is 323 g/mol. The summed E-state index contributed by atoms with van der Waals surface area (Å²) in [6.07, 6.45) is 1.67. The molecule has 0 fully saturated rings. The topological polar surface area (TPSA) is 57.1 Å². The molecule has 1 heterocycles. The van der Waals surface area contributed by atoms with Gasteiger partial charge in [0.2, 0.25) is 5.90 Å². The number of ether oxygens (including phenoxy) is 3. The van der Waals surface area contributed by atoms with Crippen LogP contribution in [0.15, 0.2) is 59.2 Å². The molecule has 0 unspecified atom stereocenters. The number of carbonyl (C=O) groups excluding carboxylic acids is 1. The van der Waals surface area contributed by atoms with Gasteiger partial charge >= 0.3 is 5.97 Å². The molecule has 24 heavy (non-hydrogen) atoms. The second kappa shape index (κ2) is 7.00. The molecule has 0 aliphatic carbocycles. The molecule has 0 saturated heterocycles. The van der Waals surface area contributed by atoms with Gasteiger partial charge in [0.1, 0.15) is 11.5 Å². The van der Waals surface area contributed by atoms with E-state index in [1.165, 1.54) is 0 Å². The molecule has 0 spiro atoms. The molecule has 2 aromatic carbocycles. The van der Waals surface area contributed by atoms with E-state index in [1.54, 1.807) is 25.3 Å². The Labute approximate surface area is 140 Å². The largest absolute Gasteiger partial charge is 0.496 e. The molecule has 122 valence electrons. The van der Waals surface area contributed by atoms with Crippen LogP contribution in [0.25, 0.3) is 6.08 Å². The highest BCUT2D eigenvalue weighted by Gasteiger charge is 2.26. The van der Waals surface area contributed by atoms with Crippen LogP contribution in [0.3, 0.4) is 0 Å². The highest BCUT2D eigenvalue weighted by atomic mass is 16.6. The Balaban J connectivity index is 1.93. The molecule has 1 aliphatic heterocycles. The standard InChI is InChI=1S/C19H17NO4/c1-3-23-14-8-6-7-13(11-14)12-16-19(21)24-18(20-16)15-9-4-5-10-17(15)22-2/h4-12H,3H2,1-2H3/b16-12+. The van der Waals surface area contributed by atoms with Gasteiger partial charge in [-0.25, -0.2) is 9.79 Å². The van der Waals surface area contributed by atoms with Crippen molar-refractivity contribution in [3.8, 4) is 11.5 Å². The van der Waals surface area contributed by atoms with Gasteiger partial charge in [0, 0.05) is 0 Å². The van der Waals surface area contributed by atoms with Crippen LogP contribution in [0.5, 0.6) is 11.5 Å². The van der Waals surface area contributed by atoms with Crippen molar-refractivity contribution in [3.05, 3.63) is 65.4 Å². The summed E-state index contributed by atoms with van der Waals surface area (Å²) in [6.45, 7) is 2.50. The van der Waals surface area contributed by atoms with Crippen molar-refractivity contribution in [2.75, 3.05) is 13.7 Å². The fourth-order valence-corrected chi connectivity index (χ4v) is 2.36. The molecule has 1 aliphatic rings. The van der Waals surface area contributed by atoms with E-state index in [9.17, 15) is 4.79 Å². The Bertz CT molecular complexity index is 824. The quantitative estimate of drug-likeness (QED) is 0.625. The summed E-state index contributed by atoms with van der Waals surface area (Å²) in [4.78, 5) is 16.4. The third kappa shape index (κ3) is 3.30. The van der Waals surface area contributed by atoms with Gasteiger partial charge in [-0.15, -0.1) is 0 Å². The fraction of sp³-hybridized carbons (Fsp3) is 0.158. The summed E-state index contributed by atoms with van der Waals surface area (Å²) in [5.41, 5.74) is 1.70. The average Bonchev–Trinajstić information content (AvgIpc) is 2.96. The molecule has 0 N–H and O–H groups in total. The number of benzene rings is 2. The number of rotatable bonds is 5. The van der Waals surface area contributed by atoms with Crippen LogP contribution in [0.2, 0.25) is 0 Å². The fourth-order valence-electron chi connectivity index (χ4n) is 2.36. The molecular weight excluding hydrogens is 306 g/mol. The summed E-state index contributed by atoms with van der Waals surface area (Å²) in [6, 6.07) is 14.7. The molecule has 0 amide bonds. The van der Waals surface area contributed by atoms with E-state index in [0.29, 0.717) is 17.9 Å². The summed E-state index contributed by atoms with van der Waals surface area (Å²) in [5.74, 6) is 1.10. The van der Waals surface area contributed by atoms with Gasteiger partial charge in [0.15, 0.2) is 5.70 Å². The van der Waals surface area contributed by atoms with Gasteiger partial charge in [0.05, 0.1) is 19.3 Å². The van der Waals surface area contributed by atoms with Gasteiger partial charge in [-0.3, -0.25) is 0 Å². The average molecular weight is 323 g/mol.